The highest BCUT2D eigenvalue weighted by molar-refractivity contribution is 6.21. The molecule has 2 nitrogen and oxygen atoms in total. The topological polar surface area (TPSA) is 16.8 Å². The van der Waals surface area contributed by atoms with Crippen LogP contribution in [0.1, 0.15) is 59.3 Å². The summed E-state index contributed by atoms with van der Waals surface area (Å²) in [5.74, 6) is 0.550. The van der Waals surface area contributed by atoms with Gasteiger partial charge in [-0.15, -0.1) is 0 Å². The van der Waals surface area contributed by atoms with Crippen molar-refractivity contribution >= 4 is 39.4 Å². The molecular formula is C26H24N2. The summed E-state index contributed by atoms with van der Waals surface area (Å²) in [5, 5.41) is 5.81. The third-order valence-corrected chi connectivity index (χ3v) is 6.98. The summed E-state index contributed by atoms with van der Waals surface area (Å²) in [6.45, 7) is 8.42. The Kier molecular flexibility index (Phi) is 3.21. The second-order valence-electron chi connectivity index (χ2n) is 8.41. The van der Waals surface area contributed by atoms with Crippen LogP contribution in [0.25, 0.3) is 33.1 Å². The van der Waals surface area contributed by atoms with E-state index in [0.717, 1.165) is 6.42 Å². The fourth-order valence-electron chi connectivity index (χ4n) is 5.84. The molecule has 0 saturated heterocycles. The molecule has 0 saturated carbocycles. The third-order valence-electron chi connectivity index (χ3n) is 6.98. The Morgan fingerprint density at radius 2 is 1.96 bits per heavy atom. The number of aromatic nitrogens is 1. The molecule has 0 amide bonds. The molecule has 6 rings (SSSR count). The smallest absolute Gasteiger partial charge is 0.0680 e. The van der Waals surface area contributed by atoms with E-state index in [-0.39, 0.29) is 0 Å². The van der Waals surface area contributed by atoms with Crippen molar-refractivity contribution in [2.75, 3.05) is 0 Å². The van der Waals surface area contributed by atoms with Crippen molar-refractivity contribution in [1.82, 2.24) is 4.40 Å². The first-order valence-corrected chi connectivity index (χ1v) is 10.4. The van der Waals surface area contributed by atoms with Crippen molar-refractivity contribution in [3.8, 4) is 0 Å². The Bertz CT molecular complexity index is 1350. The van der Waals surface area contributed by atoms with Gasteiger partial charge in [0.05, 0.1) is 23.1 Å². The lowest BCUT2D eigenvalue weighted by Gasteiger charge is -2.17. The molecule has 138 valence electrons. The number of rotatable bonds is 2. The van der Waals surface area contributed by atoms with Crippen LogP contribution in [-0.2, 0) is 12.8 Å². The summed E-state index contributed by atoms with van der Waals surface area (Å²) < 4.78 is 2.49. The largest absolute Gasteiger partial charge is 0.307 e. The molecule has 2 aliphatic carbocycles. The first-order chi connectivity index (χ1) is 13.7. The molecule has 0 N–H and O–H groups in total. The summed E-state index contributed by atoms with van der Waals surface area (Å²) in [4.78, 5) is 4.43. The lowest BCUT2D eigenvalue weighted by atomic mass is 9.86. The maximum atomic E-state index is 4.43. The maximum absolute atomic E-state index is 4.43. The molecule has 0 radical (unpaired) electrons. The minimum Gasteiger partial charge on any atom is -0.307 e. The molecule has 4 aromatic rings. The number of allylic oxidation sites excluding steroid dienone is 1. The second-order valence-corrected chi connectivity index (χ2v) is 8.41. The number of fused-ring (bicyclic) bond motifs is 6. The first-order valence-electron chi connectivity index (χ1n) is 10.4. The number of aliphatic imine (C=N–C) groups is 1. The van der Waals surface area contributed by atoms with Crippen LogP contribution in [0.15, 0.2) is 42.0 Å². The van der Waals surface area contributed by atoms with Crippen LogP contribution < -0.4 is 0 Å². The van der Waals surface area contributed by atoms with E-state index in [0.29, 0.717) is 5.92 Å². The van der Waals surface area contributed by atoms with Crippen LogP contribution in [0, 0.1) is 6.92 Å². The normalized spacial score (nSPS) is 18.7. The lowest BCUT2D eigenvalue weighted by Crippen LogP contribution is -2.05. The van der Waals surface area contributed by atoms with Gasteiger partial charge in [0.2, 0.25) is 0 Å². The van der Waals surface area contributed by atoms with E-state index in [1.54, 1.807) is 22.9 Å². The molecule has 28 heavy (non-hydrogen) atoms. The summed E-state index contributed by atoms with van der Waals surface area (Å²) in [7, 11) is 0. The van der Waals surface area contributed by atoms with Gasteiger partial charge in [0.1, 0.15) is 0 Å². The molecule has 2 aromatic heterocycles. The van der Waals surface area contributed by atoms with E-state index in [2.05, 4.69) is 60.2 Å². The van der Waals surface area contributed by atoms with Crippen molar-refractivity contribution < 1.29 is 0 Å². The summed E-state index contributed by atoms with van der Waals surface area (Å²) in [6, 6.07) is 6.86. The fourth-order valence-corrected chi connectivity index (χ4v) is 5.84. The van der Waals surface area contributed by atoms with Crippen molar-refractivity contribution in [2.24, 2.45) is 4.99 Å². The summed E-state index contributed by atoms with van der Waals surface area (Å²) in [5.41, 5.74) is 10.0. The third kappa shape index (κ3) is 1.81. The zero-order valence-electron chi connectivity index (χ0n) is 16.5. The van der Waals surface area contributed by atoms with E-state index in [9.17, 15) is 0 Å². The number of benzene rings is 2. The van der Waals surface area contributed by atoms with Crippen LogP contribution in [0.4, 0.5) is 0 Å². The van der Waals surface area contributed by atoms with Gasteiger partial charge in [-0.2, -0.15) is 0 Å². The van der Waals surface area contributed by atoms with Crippen molar-refractivity contribution in [3.05, 3.63) is 70.7 Å². The van der Waals surface area contributed by atoms with Gasteiger partial charge in [-0.1, -0.05) is 37.8 Å². The number of aryl methyl sites for hydroxylation is 3. The standard InChI is InChI=1S/C26H24N2/c1-4-27-14-22-16(3)17-9-6-11-19-18-10-7-12-20(18)25-23-15(2)8-5-13-21(23)28(22)26(25)24(17)19/h4-6,9,11,13-15H,1,7-8,10,12H2,2-3H3. The van der Waals surface area contributed by atoms with Crippen LogP contribution in [0.5, 0.6) is 0 Å². The number of pyridine rings is 1. The van der Waals surface area contributed by atoms with E-state index >= 15 is 0 Å². The van der Waals surface area contributed by atoms with E-state index < -0.39 is 0 Å². The molecule has 0 fully saturated rings. The molecular weight excluding hydrogens is 340 g/mol. The summed E-state index contributed by atoms with van der Waals surface area (Å²) in [6.07, 6.45) is 13.1. The van der Waals surface area contributed by atoms with Crippen LogP contribution in [0.2, 0.25) is 0 Å². The molecule has 0 aliphatic heterocycles. The zero-order valence-corrected chi connectivity index (χ0v) is 16.5. The average molecular weight is 364 g/mol. The van der Waals surface area contributed by atoms with Gasteiger partial charge in [-0.25, -0.2) is 0 Å². The van der Waals surface area contributed by atoms with Crippen LogP contribution in [-0.4, -0.2) is 10.6 Å². The SMILES string of the molecule is C=CN=Cc1c(C)c2cccc3c4c(c5c6c(n1c5c23)C=CCC6C)CCC4. The Balaban J connectivity index is 1.99. The highest BCUT2D eigenvalue weighted by atomic mass is 14.9. The van der Waals surface area contributed by atoms with Crippen molar-refractivity contribution in [1.29, 1.82) is 0 Å². The van der Waals surface area contributed by atoms with Crippen molar-refractivity contribution in [3.63, 3.8) is 0 Å². The molecule has 2 aliphatic rings. The molecule has 1 unspecified atom stereocenters. The Morgan fingerprint density at radius 3 is 2.82 bits per heavy atom. The highest BCUT2D eigenvalue weighted by Gasteiger charge is 2.30. The molecule has 2 heterocycles. The molecule has 0 spiro atoms. The highest BCUT2D eigenvalue weighted by Crippen LogP contribution is 2.48. The monoisotopic (exact) mass is 364 g/mol. The summed E-state index contributed by atoms with van der Waals surface area (Å²) >= 11 is 0. The molecule has 2 aromatic carbocycles. The zero-order chi connectivity index (χ0) is 19.0. The van der Waals surface area contributed by atoms with Gasteiger partial charge in [0.25, 0.3) is 0 Å². The number of hydrogen-bond acceptors (Lipinski definition) is 1. The van der Waals surface area contributed by atoms with Crippen LogP contribution >= 0.6 is 0 Å². The van der Waals surface area contributed by atoms with E-state index in [4.69, 9.17) is 0 Å². The first kappa shape index (κ1) is 16.1. The van der Waals surface area contributed by atoms with Crippen LogP contribution in [0.3, 0.4) is 0 Å². The van der Waals surface area contributed by atoms with Gasteiger partial charge in [0, 0.05) is 17.0 Å². The minimum absolute atomic E-state index is 0.550. The van der Waals surface area contributed by atoms with E-state index in [1.165, 1.54) is 63.3 Å². The predicted molar refractivity (Wildman–Crippen MR) is 120 cm³/mol. The van der Waals surface area contributed by atoms with Gasteiger partial charge < -0.3 is 4.40 Å². The maximum Gasteiger partial charge on any atom is 0.0680 e. The fraction of sp³-hybridized carbons (Fsp3) is 0.269. The Labute approximate surface area is 165 Å². The Morgan fingerprint density at radius 1 is 1.14 bits per heavy atom. The number of nitrogens with zero attached hydrogens (tertiary/aromatic N) is 2. The van der Waals surface area contributed by atoms with Crippen molar-refractivity contribution in [2.45, 2.75) is 45.4 Å². The molecule has 1 atom stereocenters. The van der Waals surface area contributed by atoms with Gasteiger partial charge in [0.15, 0.2) is 0 Å². The van der Waals surface area contributed by atoms with Gasteiger partial charge in [-0.3, -0.25) is 4.99 Å². The molecule has 2 heteroatoms. The minimum atomic E-state index is 0.550. The van der Waals surface area contributed by atoms with E-state index in [1.807, 2.05) is 6.21 Å². The predicted octanol–water partition coefficient (Wildman–Crippen LogP) is 6.56. The quantitative estimate of drug-likeness (QED) is 0.358. The van der Waals surface area contributed by atoms with Gasteiger partial charge >= 0.3 is 0 Å². The molecule has 0 bridgehead atoms. The number of hydrogen-bond donors (Lipinski definition) is 0. The average Bonchev–Trinajstić information content (AvgIpc) is 3.31. The lowest BCUT2D eigenvalue weighted by molar-refractivity contribution is 0.773. The van der Waals surface area contributed by atoms with Gasteiger partial charge in [-0.05, 0) is 77.6 Å². The Hall–Kier alpha value is -2.87. The second kappa shape index (κ2) is 5.57.